The topological polar surface area (TPSA) is 122 Å². The number of carbonyl (C=O) groups is 2. The quantitative estimate of drug-likeness (QED) is 0.498. The van der Waals surface area contributed by atoms with Crippen LogP contribution in [0.5, 0.6) is 0 Å². The van der Waals surface area contributed by atoms with Gasteiger partial charge in [-0.1, -0.05) is 0 Å². The van der Waals surface area contributed by atoms with Gasteiger partial charge in [-0.15, -0.1) is 0 Å². The van der Waals surface area contributed by atoms with Crippen LogP contribution in [0.4, 0.5) is 4.39 Å². The van der Waals surface area contributed by atoms with E-state index in [-0.39, 0.29) is 47.6 Å². The van der Waals surface area contributed by atoms with Crippen LogP contribution in [-0.4, -0.2) is 65.9 Å². The van der Waals surface area contributed by atoms with E-state index in [2.05, 4.69) is 15.4 Å². The predicted molar refractivity (Wildman–Crippen MR) is 140 cm³/mol. The summed E-state index contributed by atoms with van der Waals surface area (Å²) in [6, 6.07) is 5.92. The van der Waals surface area contributed by atoms with Crippen LogP contribution in [-0.2, 0) is 16.1 Å². The standard InChI is InChI=1S/C28H33FN6O4/c29-20-5-9-22(10-6-20)35-24-23(15-31-35)27(38)34(17-30-24)16-28(39)11-13-33(14-12-28)26(37)19-3-7-21(8-4-19)32-25(36)18-1-2-18/h5-6,9-10,15,17-19,21,39H,1-4,7-8,11-14,16H2,(H,32,36)/t19-,21-. The minimum atomic E-state index is -1.13. The maximum Gasteiger partial charge on any atom is 0.264 e. The molecule has 2 N–H and O–H groups in total. The molecule has 6 rings (SSSR count). The van der Waals surface area contributed by atoms with E-state index >= 15 is 0 Å². The number of aliphatic hydroxyl groups is 1. The summed E-state index contributed by atoms with van der Waals surface area (Å²) in [6.45, 7) is 0.936. The molecule has 2 saturated carbocycles. The number of fused-ring (bicyclic) bond motifs is 1. The SMILES string of the molecule is O=C(N[C@H]1CC[C@H](C(=O)N2CCC(O)(Cn3cnc4c(cnn4-c4ccc(F)cc4)c3=O)CC2)CC1)C1CC1. The minimum Gasteiger partial charge on any atom is -0.388 e. The first-order chi connectivity index (χ1) is 18.8. The first-order valence-electron chi connectivity index (χ1n) is 13.8. The Morgan fingerprint density at radius 3 is 2.36 bits per heavy atom. The number of benzene rings is 1. The second kappa shape index (κ2) is 10.2. The number of likely N-dealkylation sites (tertiary alicyclic amines) is 1. The fourth-order valence-corrected chi connectivity index (χ4v) is 5.86. The number of hydrogen-bond donors (Lipinski definition) is 2. The second-order valence-corrected chi connectivity index (χ2v) is 11.3. The largest absolute Gasteiger partial charge is 0.388 e. The molecule has 2 aliphatic carbocycles. The Kier molecular flexibility index (Phi) is 6.70. The molecule has 0 unspecified atom stereocenters. The molecule has 0 bridgehead atoms. The van der Waals surface area contributed by atoms with Gasteiger partial charge in [-0.05, 0) is 75.6 Å². The highest BCUT2D eigenvalue weighted by Gasteiger charge is 2.38. The molecule has 39 heavy (non-hydrogen) atoms. The van der Waals surface area contributed by atoms with Crippen molar-refractivity contribution in [2.75, 3.05) is 13.1 Å². The Hall–Kier alpha value is -3.60. The lowest BCUT2D eigenvalue weighted by molar-refractivity contribution is -0.141. The van der Waals surface area contributed by atoms with E-state index in [1.165, 1.54) is 33.9 Å². The van der Waals surface area contributed by atoms with Crippen LogP contribution in [0, 0.1) is 17.7 Å². The molecular formula is C28H33FN6O4. The predicted octanol–water partition coefficient (Wildman–Crippen LogP) is 2.16. The van der Waals surface area contributed by atoms with Gasteiger partial charge in [0.25, 0.3) is 5.56 Å². The maximum atomic E-state index is 13.3. The van der Waals surface area contributed by atoms with Crippen LogP contribution in [0.1, 0.15) is 51.4 Å². The minimum absolute atomic E-state index is 0.0443. The molecule has 0 spiro atoms. The molecule has 206 valence electrons. The molecule has 0 radical (unpaired) electrons. The van der Waals surface area contributed by atoms with Crippen molar-refractivity contribution in [1.29, 1.82) is 0 Å². The number of nitrogens with zero attached hydrogens (tertiary/aromatic N) is 5. The number of piperidine rings is 1. The van der Waals surface area contributed by atoms with Crippen molar-refractivity contribution in [2.45, 2.75) is 69.6 Å². The smallest absolute Gasteiger partial charge is 0.264 e. The highest BCUT2D eigenvalue weighted by molar-refractivity contribution is 5.81. The van der Waals surface area contributed by atoms with Crippen LogP contribution in [0.15, 0.2) is 41.6 Å². The molecule has 0 atom stereocenters. The third-order valence-electron chi connectivity index (χ3n) is 8.47. The van der Waals surface area contributed by atoms with Crippen molar-refractivity contribution in [2.24, 2.45) is 11.8 Å². The molecule has 3 fully saturated rings. The average Bonchev–Trinajstić information content (AvgIpc) is 3.71. The van der Waals surface area contributed by atoms with E-state index in [1.54, 1.807) is 12.1 Å². The van der Waals surface area contributed by atoms with E-state index in [0.29, 0.717) is 42.7 Å². The number of halogens is 1. The summed E-state index contributed by atoms with van der Waals surface area (Å²) in [5.74, 6) is 0.0713. The number of aromatic nitrogens is 4. The van der Waals surface area contributed by atoms with Gasteiger partial charge in [-0.25, -0.2) is 14.1 Å². The molecular weight excluding hydrogens is 503 g/mol. The lowest BCUT2D eigenvalue weighted by atomic mass is 9.84. The van der Waals surface area contributed by atoms with Crippen molar-refractivity contribution in [1.82, 2.24) is 29.5 Å². The monoisotopic (exact) mass is 536 g/mol. The average molecular weight is 537 g/mol. The van der Waals surface area contributed by atoms with Crippen LogP contribution >= 0.6 is 0 Å². The van der Waals surface area contributed by atoms with Gasteiger partial charge in [0.05, 0.1) is 24.0 Å². The second-order valence-electron chi connectivity index (χ2n) is 11.3. The molecule has 11 heteroatoms. The number of hydrogen-bond acceptors (Lipinski definition) is 6. The Balaban J connectivity index is 1.05. The summed E-state index contributed by atoms with van der Waals surface area (Å²) < 4.78 is 16.2. The van der Waals surface area contributed by atoms with Gasteiger partial charge in [0, 0.05) is 31.0 Å². The van der Waals surface area contributed by atoms with Gasteiger partial charge in [0.2, 0.25) is 11.8 Å². The van der Waals surface area contributed by atoms with E-state index in [1.807, 2.05) is 4.90 Å². The van der Waals surface area contributed by atoms with E-state index in [4.69, 9.17) is 0 Å². The Labute approximate surface area is 224 Å². The van der Waals surface area contributed by atoms with E-state index < -0.39 is 5.60 Å². The van der Waals surface area contributed by atoms with Gasteiger partial charge < -0.3 is 15.3 Å². The van der Waals surface area contributed by atoms with Crippen molar-refractivity contribution in [3.8, 4) is 5.69 Å². The molecule has 10 nitrogen and oxygen atoms in total. The number of rotatable bonds is 6. The number of nitrogens with one attached hydrogen (secondary N) is 1. The summed E-state index contributed by atoms with van der Waals surface area (Å²) in [6.07, 6.45) is 8.72. The normalized spacial score (nSPS) is 23.1. The van der Waals surface area contributed by atoms with Crippen LogP contribution < -0.4 is 10.9 Å². The third kappa shape index (κ3) is 5.32. The molecule has 1 saturated heterocycles. The molecule has 1 aliphatic heterocycles. The fraction of sp³-hybridized carbons (Fsp3) is 0.536. The Morgan fingerprint density at radius 2 is 1.69 bits per heavy atom. The van der Waals surface area contributed by atoms with Crippen molar-refractivity contribution >= 4 is 22.8 Å². The van der Waals surface area contributed by atoms with Gasteiger partial charge in [-0.3, -0.25) is 19.0 Å². The first kappa shape index (κ1) is 25.7. The Morgan fingerprint density at radius 1 is 1.03 bits per heavy atom. The van der Waals surface area contributed by atoms with Gasteiger partial charge >= 0.3 is 0 Å². The summed E-state index contributed by atoms with van der Waals surface area (Å²) in [5, 5.41) is 19.0. The molecule has 2 amide bonds. The van der Waals surface area contributed by atoms with Crippen LogP contribution in [0.3, 0.4) is 0 Å². The highest BCUT2D eigenvalue weighted by atomic mass is 19.1. The molecule has 1 aromatic carbocycles. The third-order valence-corrected chi connectivity index (χ3v) is 8.47. The van der Waals surface area contributed by atoms with Crippen molar-refractivity contribution in [3.05, 3.63) is 53.0 Å². The van der Waals surface area contributed by atoms with Crippen molar-refractivity contribution in [3.63, 3.8) is 0 Å². The summed E-state index contributed by atoms with van der Waals surface area (Å²) in [5.41, 5.74) is -0.501. The lowest BCUT2D eigenvalue weighted by Gasteiger charge is -2.40. The van der Waals surface area contributed by atoms with Crippen LogP contribution in [0.2, 0.25) is 0 Å². The zero-order chi connectivity index (χ0) is 27.1. The zero-order valence-electron chi connectivity index (χ0n) is 21.8. The van der Waals surface area contributed by atoms with Gasteiger partial charge in [0.15, 0.2) is 5.65 Å². The molecule has 3 heterocycles. The van der Waals surface area contributed by atoms with Crippen LogP contribution in [0.25, 0.3) is 16.7 Å². The number of carbonyl (C=O) groups excluding carboxylic acids is 2. The Bertz CT molecular complexity index is 1430. The van der Waals surface area contributed by atoms with Gasteiger partial charge in [-0.2, -0.15) is 5.10 Å². The van der Waals surface area contributed by atoms with E-state index in [9.17, 15) is 23.9 Å². The molecule has 3 aromatic rings. The van der Waals surface area contributed by atoms with Crippen molar-refractivity contribution < 1.29 is 19.1 Å². The number of amides is 2. The first-order valence-corrected chi connectivity index (χ1v) is 13.8. The summed E-state index contributed by atoms with van der Waals surface area (Å²) in [4.78, 5) is 44.6. The van der Waals surface area contributed by atoms with Gasteiger partial charge in [0.1, 0.15) is 17.5 Å². The fourth-order valence-electron chi connectivity index (χ4n) is 5.86. The maximum absolute atomic E-state index is 13.3. The van der Waals surface area contributed by atoms with E-state index in [0.717, 1.165) is 38.5 Å². The zero-order valence-corrected chi connectivity index (χ0v) is 21.8. The summed E-state index contributed by atoms with van der Waals surface area (Å²) in [7, 11) is 0. The summed E-state index contributed by atoms with van der Waals surface area (Å²) >= 11 is 0. The highest BCUT2D eigenvalue weighted by Crippen LogP contribution is 2.32. The molecule has 2 aromatic heterocycles. The lowest BCUT2D eigenvalue weighted by Crippen LogP contribution is -2.51. The molecule has 3 aliphatic rings.